The maximum atomic E-state index is 5.23. The summed E-state index contributed by atoms with van der Waals surface area (Å²) >= 11 is 0. The zero-order valence-corrected chi connectivity index (χ0v) is 12.4. The van der Waals surface area contributed by atoms with Gasteiger partial charge in [-0.3, -0.25) is 4.99 Å². The molecule has 1 aromatic heterocycles. The molecule has 0 spiro atoms. The first-order valence-electron chi connectivity index (χ1n) is 5.22. The van der Waals surface area contributed by atoms with Gasteiger partial charge in [0.2, 0.25) is 0 Å². The first-order chi connectivity index (χ1) is 7.24. The average Bonchev–Trinajstić information content (AvgIpc) is 2.69. The molecule has 16 heavy (non-hydrogen) atoms. The van der Waals surface area contributed by atoms with Crippen molar-refractivity contribution in [2.45, 2.75) is 13.3 Å². The van der Waals surface area contributed by atoms with Crippen LogP contribution in [0.3, 0.4) is 0 Å². The van der Waals surface area contributed by atoms with Crippen molar-refractivity contribution < 1.29 is 4.42 Å². The van der Waals surface area contributed by atoms with Crippen molar-refractivity contribution >= 4 is 29.9 Å². The Morgan fingerprint density at radius 2 is 2.25 bits per heavy atom. The van der Waals surface area contributed by atoms with Gasteiger partial charge in [0.25, 0.3) is 0 Å². The van der Waals surface area contributed by atoms with E-state index in [0.717, 1.165) is 31.2 Å². The standard InChI is InChI=1S/C11H19N3O.HI/c1-4-12-11(14(2)3)13-8-7-10-6-5-9-15-10;/h5-6,9H,4,7-8H2,1-3H3,(H,12,13);1H. The van der Waals surface area contributed by atoms with Gasteiger partial charge < -0.3 is 14.6 Å². The Kier molecular flexibility index (Phi) is 8.05. The number of guanidine groups is 1. The summed E-state index contributed by atoms with van der Waals surface area (Å²) in [5.74, 6) is 1.90. The number of hydrogen-bond acceptors (Lipinski definition) is 2. The molecule has 0 atom stereocenters. The zero-order valence-electron chi connectivity index (χ0n) is 10.1. The Morgan fingerprint density at radius 3 is 2.75 bits per heavy atom. The van der Waals surface area contributed by atoms with Crippen LogP contribution < -0.4 is 5.32 Å². The number of halogens is 1. The molecule has 0 aliphatic heterocycles. The summed E-state index contributed by atoms with van der Waals surface area (Å²) < 4.78 is 5.23. The van der Waals surface area contributed by atoms with E-state index in [2.05, 4.69) is 17.2 Å². The quantitative estimate of drug-likeness (QED) is 0.519. The van der Waals surface area contributed by atoms with Crippen molar-refractivity contribution in [2.75, 3.05) is 27.2 Å². The van der Waals surface area contributed by atoms with Gasteiger partial charge in [0.05, 0.1) is 6.26 Å². The minimum absolute atomic E-state index is 0. The molecule has 5 heteroatoms. The van der Waals surface area contributed by atoms with Gasteiger partial charge >= 0.3 is 0 Å². The van der Waals surface area contributed by atoms with Crippen LogP contribution in [0.1, 0.15) is 12.7 Å². The number of furan rings is 1. The van der Waals surface area contributed by atoms with Crippen LogP contribution in [0.2, 0.25) is 0 Å². The fraction of sp³-hybridized carbons (Fsp3) is 0.545. The van der Waals surface area contributed by atoms with Crippen LogP contribution in [0.15, 0.2) is 27.8 Å². The van der Waals surface area contributed by atoms with E-state index in [9.17, 15) is 0 Å². The highest BCUT2D eigenvalue weighted by Crippen LogP contribution is 2.00. The van der Waals surface area contributed by atoms with Crippen molar-refractivity contribution in [3.8, 4) is 0 Å². The second kappa shape index (κ2) is 8.43. The lowest BCUT2D eigenvalue weighted by Gasteiger charge is -2.16. The molecule has 92 valence electrons. The molecular weight excluding hydrogens is 317 g/mol. The molecule has 0 aromatic carbocycles. The van der Waals surface area contributed by atoms with Crippen molar-refractivity contribution in [1.82, 2.24) is 10.2 Å². The average molecular weight is 337 g/mol. The summed E-state index contributed by atoms with van der Waals surface area (Å²) in [7, 11) is 3.96. The first-order valence-corrected chi connectivity index (χ1v) is 5.22. The van der Waals surface area contributed by atoms with Crippen LogP contribution in [0.5, 0.6) is 0 Å². The molecule has 1 rings (SSSR count). The molecule has 0 amide bonds. The van der Waals surface area contributed by atoms with E-state index in [1.165, 1.54) is 0 Å². The van der Waals surface area contributed by atoms with Gasteiger partial charge in [0, 0.05) is 33.6 Å². The van der Waals surface area contributed by atoms with Gasteiger partial charge in [-0.05, 0) is 19.1 Å². The monoisotopic (exact) mass is 337 g/mol. The zero-order chi connectivity index (χ0) is 11.1. The second-order valence-electron chi connectivity index (χ2n) is 3.46. The molecule has 0 bridgehead atoms. The Morgan fingerprint density at radius 1 is 1.50 bits per heavy atom. The predicted octanol–water partition coefficient (Wildman–Crippen LogP) is 1.97. The highest BCUT2D eigenvalue weighted by Gasteiger charge is 1.99. The van der Waals surface area contributed by atoms with E-state index in [-0.39, 0.29) is 24.0 Å². The number of rotatable bonds is 4. The molecule has 0 saturated carbocycles. The molecule has 0 aliphatic carbocycles. The normalized spacial score (nSPS) is 10.8. The molecule has 1 heterocycles. The maximum absolute atomic E-state index is 5.23. The van der Waals surface area contributed by atoms with Crippen molar-refractivity contribution in [3.63, 3.8) is 0 Å². The van der Waals surface area contributed by atoms with Gasteiger partial charge in [-0.2, -0.15) is 0 Å². The summed E-state index contributed by atoms with van der Waals surface area (Å²) in [6.45, 7) is 3.69. The third-order valence-electron chi connectivity index (χ3n) is 1.96. The fourth-order valence-electron chi connectivity index (χ4n) is 1.24. The Labute approximate surface area is 114 Å². The van der Waals surface area contributed by atoms with Crippen LogP contribution in [-0.2, 0) is 6.42 Å². The van der Waals surface area contributed by atoms with E-state index >= 15 is 0 Å². The van der Waals surface area contributed by atoms with Gasteiger partial charge in [-0.1, -0.05) is 0 Å². The van der Waals surface area contributed by atoms with E-state index in [4.69, 9.17) is 4.42 Å². The van der Waals surface area contributed by atoms with E-state index in [1.807, 2.05) is 31.1 Å². The van der Waals surface area contributed by atoms with Crippen molar-refractivity contribution in [2.24, 2.45) is 4.99 Å². The number of nitrogens with one attached hydrogen (secondary N) is 1. The topological polar surface area (TPSA) is 40.8 Å². The Hall–Kier alpha value is -0.720. The van der Waals surface area contributed by atoms with Crippen LogP contribution >= 0.6 is 24.0 Å². The third-order valence-corrected chi connectivity index (χ3v) is 1.96. The molecule has 0 fully saturated rings. The maximum Gasteiger partial charge on any atom is 0.193 e. The minimum Gasteiger partial charge on any atom is -0.469 e. The van der Waals surface area contributed by atoms with Gasteiger partial charge in [-0.25, -0.2) is 0 Å². The summed E-state index contributed by atoms with van der Waals surface area (Å²) in [6.07, 6.45) is 2.53. The molecule has 4 nitrogen and oxygen atoms in total. The van der Waals surface area contributed by atoms with Crippen LogP contribution in [0.4, 0.5) is 0 Å². The lowest BCUT2D eigenvalue weighted by atomic mass is 10.3. The summed E-state index contributed by atoms with van der Waals surface area (Å²) in [5, 5.41) is 3.21. The summed E-state index contributed by atoms with van der Waals surface area (Å²) in [6, 6.07) is 3.87. The SMILES string of the molecule is CCNC(=NCCc1ccco1)N(C)C.I. The lowest BCUT2D eigenvalue weighted by molar-refractivity contribution is 0.509. The van der Waals surface area contributed by atoms with Gasteiger partial charge in [0.1, 0.15) is 5.76 Å². The van der Waals surface area contributed by atoms with Gasteiger partial charge in [-0.15, -0.1) is 24.0 Å². The fourth-order valence-corrected chi connectivity index (χ4v) is 1.24. The van der Waals surface area contributed by atoms with E-state index in [0.29, 0.717) is 0 Å². The molecule has 1 aromatic rings. The van der Waals surface area contributed by atoms with Crippen molar-refractivity contribution in [3.05, 3.63) is 24.2 Å². The lowest BCUT2D eigenvalue weighted by Crippen LogP contribution is -2.36. The summed E-state index contributed by atoms with van der Waals surface area (Å²) in [4.78, 5) is 6.44. The molecule has 0 unspecified atom stereocenters. The van der Waals surface area contributed by atoms with Crippen LogP contribution in [-0.4, -0.2) is 38.0 Å². The largest absolute Gasteiger partial charge is 0.469 e. The Balaban J connectivity index is 0.00000225. The van der Waals surface area contributed by atoms with Gasteiger partial charge in [0.15, 0.2) is 5.96 Å². The number of hydrogen-bond donors (Lipinski definition) is 1. The molecule has 0 aliphatic rings. The molecule has 0 saturated heterocycles. The summed E-state index contributed by atoms with van der Waals surface area (Å²) in [5.41, 5.74) is 0. The first kappa shape index (κ1) is 15.3. The second-order valence-corrected chi connectivity index (χ2v) is 3.46. The smallest absolute Gasteiger partial charge is 0.193 e. The van der Waals surface area contributed by atoms with E-state index in [1.54, 1.807) is 6.26 Å². The predicted molar refractivity (Wildman–Crippen MR) is 77.5 cm³/mol. The van der Waals surface area contributed by atoms with E-state index < -0.39 is 0 Å². The number of nitrogens with zero attached hydrogens (tertiary/aromatic N) is 2. The Bertz CT molecular complexity index is 296. The minimum atomic E-state index is 0. The molecular formula is C11H20IN3O. The highest BCUT2D eigenvalue weighted by molar-refractivity contribution is 14.0. The molecule has 1 N–H and O–H groups in total. The van der Waals surface area contributed by atoms with Crippen molar-refractivity contribution in [1.29, 1.82) is 0 Å². The van der Waals surface area contributed by atoms with Crippen LogP contribution in [0, 0.1) is 0 Å². The highest BCUT2D eigenvalue weighted by atomic mass is 127. The molecule has 0 radical (unpaired) electrons. The number of aliphatic imine (C=N–C) groups is 1. The third kappa shape index (κ3) is 5.39. The van der Waals surface area contributed by atoms with Crippen LogP contribution in [0.25, 0.3) is 0 Å².